The lowest BCUT2D eigenvalue weighted by Crippen LogP contribution is -1.97. The molecule has 1 aliphatic rings. The third kappa shape index (κ3) is 2.49. The maximum Gasteiger partial charge on any atom is 0.276 e. The van der Waals surface area contributed by atoms with E-state index in [1.54, 1.807) is 13.0 Å². The quantitative estimate of drug-likeness (QED) is 0.589. The van der Waals surface area contributed by atoms with Gasteiger partial charge in [-0.3, -0.25) is 4.79 Å². The summed E-state index contributed by atoms with van der Waals surface area (Å²) in [5, 5.41) is 0. The molecule has 0 unspecified atom stereocenters. The van der Waals surface area contributed by atoms with Crippen LogP contribution in [-0.4, -0.2) is 12.6 Å². The Labute approximate surface area is 82.5 Å². The zero-order valence-corrected chi connectivity index (χ0v) is 8.09. The molecule has 0 spiro atoms. The summed E-state index contributed by atoms with van der Waals surface area (Å²) in [6, 6.07) is 0. The highest BCUT2D eigenvalue weighted by atomic mass is 19.1. The molecule has 0 aliphatic heterocycles. The second kappa shape index (κ2) is 4.65. The summed E-state index contributed by atoms with van der Waals surface area (Å²) >= 11 is 0. The van der Waals surface area contributed by atoms with Crippen molar-refractivity contribution in [2.45, 2.75) is 19.8 Å². The number of allylic oxidation sites excluding steroid dienone is 4. The number of halogens is 1. The summed E-state index contributed by atoms with van der Waals surface area (Å²) in [6.45, 7) is 4.84. The molecule has 0 saturated carbocycles. The number of aliphatic imine (C=N–C) groups is 1. The molecule has 1 aliphatic carbocycles. The van der Waals surface area contributed by atoms with Crippen LogP contribution in [0, 0.1) is 0 Å². The minimum absolute atomic E-state index is 0.247. The van der Waals surface area contributed by atoms with Crippen molar-refractivity contribution in [3.63, 3.8) is 0 Å². The Morgan fingerprint density at radius 3 is 3.00 bits per heavy atom. The van der Waals surface area contributed by atoms with E-state index in [9.17, 15) is 9.18 Å². The lowest BCUT2D eigenvalue weighted by Gasteiger charge is -2.04. The average molecular weight is 193 g/mol. The van der Waals surface area contributed by atoms with Gasteiger partial charge < -0.3 is 0 Å². The molecular formula is C11H12FNO. The number of hydrogen-bond acceptors (Lipinski definition) is 1. The van der Waals surface area contributed by atoms with Gasteiger partial charge in [0.1, 0.15) is 5.83 Å². The number of amides is 1. The van der Waals surface area contributed by atoms with Crippen LogP contribution in [0.15, 0.2) is 40.2 Å². The topological polar surface area (TPSA) is 29.4 Å². The van der Waals surface area contributed by atoms with E-state index in [1.807, 2.05) is 6.08 Å². The minimum atomic E-state index is -0.494. The largest absolute Gasteiger partial charge is 0.276 e. The maximum atomic E-state index is 13.3. The molecule has 1 rings (SSSR count). The third-order valence-corrected chi connectivity index (χ3v) is 2.06. The van der Waals surface area contributed by atoms with E-state index < -0.39 is 5.91 Å². The zero-order chi connectivity index (χ0) is 10.6. The van der Waals surface area contributed by atoms with Crippen molar-refractivity contribution in [3.8, 4) is 0 Å². The normalized spacial score (nSPS) is 17.1. The monoisotopic (exact) mass is 193 g/mol. The van der Waals surface area contributed by atoms with Gasteiger partial charge in [-0.25, -0.2) is 9.38 Å². The number of carbonyl (C=O) groups excluding carboxylic acids is 1. The van der Waals surface area contributed by atoms with Gasteiger partial charge in [0.05, 0.1) is 0 Å². The van der Waals surface area contributed by atoms with E-state index >= 15 is 0 Å². The Bertz CT molecular complexity index is 350. The molecule has 1 amide bonds. The molecule has 0 saturated heterocycles. The standard InChI is InChI=1S/C11H12FNO/c1-8-5-3-4-6-9(7-10(8)12)11(14)13-2/h4,6-7H,2-3,5H2,1H3. The van der Waals surface area contributed by atoms with Gasteiger partial charge in [-0.2, -0.15) is 0 Å². The molecule has 0 aromatic rings. The molecule has 0 aromatic carbocycles. The minimum Gasteiger partial charge on any atom is -0.267 e. The second-order valence-corrected chi connectivity index (χ2v) is 3.13. The summed E-state index contributed by atoms with van der Waals surface area (Å²) in [5.74, 6) is -0.840. The summed E-state index contributed by atoms with van der Waals surface area (Å²) in [6.07, 6.45) is 6.05. The Morgan fingerprint density at radius 2 is 2.36 bits per heavy atom. The van der Waals surface area contributed by atoms with E-state index in [4.69, 9.17) is 0 Å². The number of rotatable bonds is 1. The fourth-order valence-electron chi connectivity index (χ4n) is 1.16. The highest BCUT2D eigenvalue weighted by Gasteiger charge is 2.08. The fourth-order valence-corrected chi connectivity index (χ4v) is 1.16. The summed E-state index contributed by atoms with van der Waals surface area (Å²) in [4.78, 5) is 14.4. The van der Waals surface area contributed by atoms with Crippen molar-refractivity contribution in [3.05, 3.63) is 35.2 Å². The van der Waals surface area contributed by atoms with Crippen LogP contribution in [0.2, 0.25) is 0 Å². The summed E-state index contributed by atoms with van der Waals surface area (Å²) < 4.78 is 13.3. The maximum absolute atomic E-state index is 13.3. The van der Waals surface area contributed by atoms with Crippen molar-refractivity contribution in [2.24, 2.45) is 4.99 Å². The molecule has 0 bridgehead atoms. The van der Waals surface area contributed by atoms with Crippen LogP contribution in [0.5, 0.6) is 0 Å². The van der Waals surface area contributed by atoms with Crippen LogP contribution in [0.3, 0.4) is 0 Å². The Balaban J connectivity index is 3.08. The fraction of sp³-hybridized carbons (Fsp3) is 0.273. The lowest BCUT2D eigenvalue weighted by molar-refractivity contribution is -0.114. The Hall–Kier alpha value is -1.51. The molecule has 3 heteroatoms. The first-order valence-corrected chi connectivity index (χ1v) is 4.39. The van der Waals surface area contributed by atoms with Crippen LogP contribution >= 0.6 is 0 Å². The Kier molecular flexibility index (Phi) is 3.51. The zero-order valence-electron chi connectivity index (χ0n) is 8.09. The van der Waals surface area contributed by atoms with Crippen LogP contribution in [0.25, 0.3) is 0 Å². The highest BCUT2D eigenvalue weighted by Crippen LogP contribution is 2.19. The SMILES string of the molecule is C=NC(=O)C1=CC(F)=C(C)CCC=C1. The van der Waals surface area contributed by atoms with Crippen LogP contribution in [0.4, 0.5) is 4.39 Å². The average Bonchev–Trinajstić information content (AvgIpc) is 2.18. The van der Waals surface area contributed by atoms with Gasteiger partial charge in [0.25, 0.3) is 5.91 Å². The molecular weight excluding hydrogens is 181 g/mol. The third-order valence-electron chi connectivity index (χ3n) is 2.06. The molecule has 0 aromatic heterocycles. The first kappa shape index (κ1) is 10.6. The molecule has 74 valence electrons. The Morgan fingerprint density at radius 1 is 1.64 bits per heavy atom. The van der Waals surface area contributed by atoms with Crippen molar-refractivity contribution in [2.75, 3.05) is 0 Å². The van der Waals surface area contributed by atoms with E-state index in [0.717, 1.165) is 6.42 Å². The summed E-state index contributed by atoms with van der Waals surface area (Å²) in [7, 11) is 0. The second-order valence-electron chi connectivity index (χ2n) is 3.13. The van der Waals surface area contributed by atoms with Gasteiger partial charge in [0.15, 0.2) is 0 Å². The van der Waals surface area contributed by atoms with E-state index in [-0.39, 0.29) is 11.4 Å². The van der Waals surface area contributed by atoms with Crippen molar-refractivity contribution in [1.82, 2.24) is 0 Å². The van der Waals surface area contributed by atoms with E-state index in [0.29, 0.717) is 12.0 Å². The predicted octanol–water partition coefficient (Wildman–Crippen LogP) is 2.73. The van der Waals surface area contributed by atoms with Gasteiger partial charge in [-0.05, 0) is 38.1 Å². The van der Waals surface area contributed by atoms with Crippen LogP contribution in [0.1, 0.15) is 19.8 Å². The highest BCUT2D eigenvalue weighted by molar-refractivity contribution is 5.99. The predicted molar refractivity (Wildman–Crippen MR) is 54.8 cm³/mol. The van der Waals surface area contributed by atoms with Crippen LogP contribution in [-0.2, 0) is 4.79 Å². The van der Waals surface area contributed by atoms with Gasteiger partial charge in [0.2, 0.25) is 0 Å². The number of hydrogen-bond donors (Lipinski definition) is 0. The molecule has 0 N–H and O–H groups in total. The van der Waals surface area contributed by atoms with E-state index in [2.05, 4.69) is 11.7 Å². The van der Waals surface area contributed by atoms with E-state index in [1.165, 1.54) is 6.08 Å². The smallest absolute Gasteiger partial charge is 0.267 e. The molecule has 0 radical (unpaired) electrons. The van der Waals surface area contributed by atoms with Crippen LogP contribution < -0.4 is 0 Å². The molecule has 0 heterocycles. The molecule has 14 heavy (non-hydrogen) atoms. The molecule has 0 fully saturated rings. The first-order valence-electron chi connectivity index (χ1n) is 4.39. The van der Waals surface area contributed by atoms with Gasteiger partial charge >= 0.3 is 0 Å². The van der Waals surface area contributed by atoms with Crippen molar-refractivity contribution < 1.29 is 9.18 Å². The number of carbonyl (C=O) groups is 1. The van der Waals surface area contributed by atoms with Crippen molar-refractivity contribution >= 4 is 12.6 Å². The summed E-state index contributed by atoms with van der Waals surface area (Å²) in [5.41, 5.74) is 0.903. The first-order chi connectivity index (χ1) is 6.65. The lowest BCUT2D eigenvalue weighted by atomic mass is 10.0. The van der Waals surface area contributed by atoms with Gasteiger partial charge in [-0.1, -0.05) is 12.2 Å². The number of nitrogens with zero attached hydrogens (tertiary/aromatic N) is 1. The van der Waals surface area contributed by atoms with Gasteiger partial charge in [0, 0.05) is 5.57 Å². The molecule has 2 nitrogen and oxygen atoms in total. The van der Waals surface area contributed by atoms with Crippen molar-refractivity contribution in [1.29, 1.82) is 0 Å². The molecule has 0 atom stereocenters. The van der Waals surface area contributed by atoms with Gasteiger partial charge in [-0.15, -0.1) is 0 Å².